The molecule has 1 amide bonds. The third-order valence-corrected chi connectivity index (χ3v) is 3.88. The van der Waals surface area contributed by atoms with Gasteiger partial charge in [-0.2, -0.15) is 0 Å². The quantitative estimate of drug-likeness (QED) is 0.688. The summed E-state index contributed by atoms with van der Waals surface area (Å²) in [6.07, 6.45) is 0.310. The van der Waals surface area contributed by atoms with Crippen LogP contribution in [0.4, 0.5) is 5.69 Å². The molecule has 24 heavy (non-hydrogen) atoms. The lowest BCUT2D eigenvalue weighted by Crippen LogP contribution is -2.13. The fraction of sp³-hybridized carbons (Fsp3) is 0.278. The van der Waals surface area contributed by atoms with Crippen LogP contribution in [0.5, 0.6) is 5.75 Å². The minimum absolute atomic E-state index is 0.108. The molecule has 0 unspecified atom stereocenters. The minimum atomic E-state index is -0.570. The molecule has 128 valence electrons. The molecule has 1 atom stereocenters. The second kappa shape index (κ2) is 8.92. The number of halogens is 2. The Balaban J connectivity index is 1.76. The number of nitrogens with one attached hydrogen (secondary N) is 1. The zero-order valence-electron chi connectivity index (χ0n) is 13.3. The van der Waals surface area contributed by atoms with Gasteiger partial charge in [0.2, 0.25) is 5.91 Å². The van der Waals surface area contributed by atoms with Crippen molar-refractivity contribution in [1.29, 1.82) is 0 Å². The number of aliphatic hydroxyl groups is 1. The first-order valence-electron chi connectivity index (χ1n) is 7.61. The van der Waals surface area contributed by atoms with Gasteiger partial charge in [-0.1, -0.05) is 35.3 Å². The average molecular weight is 368 g/mol. The van der Waals surface area contributed by atoms with Crippen LogP contribution in [0.1, 0.15) is 31.4 Å². The molecule has 0 radical (unpaired) electrons. The van der Waals surface area contributed by atoms with Crippen molar-refractivity contribution in [1.82, 2.24) is 0 Å². The summed E-state index contributed by atoms with van der Waals surface area (Å²) in [5.74, 6) is 0.439. The number of anilines is 1. The van der Waals surface area contributed by atoms with Crippen molar-refractivity contribution < 1.29 is 14.6 Å². The molecule has 0 aliphatic carbocycles. The summed E-state index contributed by atoms with van der Waals surface area (Å²) in [4.78, 5) is 11.9. The number of ether oxygens (including phenoxy) is 1. The molecule has 2 aromatic rings. The van der Waals surface area contributed by atoms with E-state index >= 15 is 0 Å². The molecule has 0 saturated carbocycles. The zero-order valence-corrected chi connectivity index (χ0v) is 14.8. The summed E-state index contributed by atoms with van der Waals surface area (Å²) < 4.78 is 5.54. The van der Waals surface area contributed by atoms with Gasteiger partial charge in [0, 0.05) is 17.1 Å². The van der Waals surface area contributed by atoms with Crippen LogP contribution < -0.4 is 10.1 Å². The van der Waals surface area contributed by atoms with E-state index in [1.54, 1.807) is 43.3 Å². The maximum absolute atomic E-state index is 11.9. The summed E-state index contributed by atoms with van der Waals surface area (Å²) in [7, 11) is 0. The second-order valence-corrected chi connectivity index (χ2v) is 6.22. The van der Waals surface area contributed by atoms with Crippen LogP contribution in [-0.2, 0) is 4.79 Å². The number of hydrogen-bond acceptors (Lipinski definition) is 3. The molecule has 4 nitrogen and oxygen atoms in total. The molecule has 0 aliphatic heterocycles. The Bertz CT molecular complexity index is 704. The van der Waals surface area contributed by atoms with Gasteiger partial charge in [-0.05, 0) is 49.2 Å². The SMILES string of the molecule is C[C@H](O)c1cccc(NC(=O)CCCOc2ccc(Cl)cc2Cl)c1. The molecule has 2 N–H and O–H groups in total. The molecule has 0 fully saturated rings. The van der Waals surface area contributed by atoms with Crippen LogP contribution >= 0.6 is 23.2 Å². The Morgan fingerprint density at radius 3 is 2.75 bits per heavy atom. The molecule has 0 saturated heterocycles. The van der Waals surface area contributed by atoms with E-state index in [1.807, 2.05) is 6.07 Å². The highest BCUT2D eigenvalue weighted by Crippen LogP contribution is 2.27. The summed E-state index contributed by atoms with van der Waals surface area (Å²) in [6.45, 7) is 2.06. The van der Waals surface area contributed by atoms with E-state index in [2.05, 4.69) is 5.32 Å². The number of carbonyl (C=O) groups is 1. The minimum Gasteiger partial charge on any atom is -0.492 e. The molecule has 2 rings (SSSR count). The van der Waals surface area contributed by atoms with Gasteiger partial charge >= 0.3 is 0 Å². The van der Waals surface area contributed by atoms with E-state index in [-0.39, 0.29) is 5.91 Å². The van der Waals surface area contributed by atoms with Crippen molar-refractivity contribution >= 4 is 34.8 Å². The highest BCUT2D eigenvalue weighted by molar-refractivity contribution is 6.35. The Hall–Kier alpha value is -1.75. The molecular weight excluding hydrogens is 349 g/mol. The molecule has 0 spiro atoms. The number of benzene rings is 2. The third-order valence-electron chi connectivity index (χ3n) is 3.35. The second-order valence-electron chi connectivity index (χ2n) is 5.38. The van der Waals surface area contributed by atoms with Gasteiger partial charge in [-0.3, -0.25) is 4.79 Å². The highest BCUT2D eigenvalue weighted by Gasteiger charge is 2.06. The number of carbonyl (C=O) groups excluding carboxylic acids is 1. The monoisotopic (exact) mass is 367 g/mol. The number of rotatable bonds is 7. The van der Waals surface area contributed by atoms with E-state index in [0.717, 1.165) is 5.56 Å². The van der Waals surface area contributed by atoms with Crippen molar-refractivity contribution in [2.45, 2.75) is 25.9 Å². The standard InChI is InChI=1S/C18H19Cl2NO3/c1-12(22)13-4-2-5-15(10-13)21-18(23)6-3-9-24-17-8-7-14(19)11-16(17)20/h2,4-5,7-8,10-12,22H,3,6,9H2,1H3,(H,21,23)/t12-/m0/s1. The van der Waals surface area contributed by atoms with Gasteiger partial charge < -0.3 is 15.2 Å². The van der Waals surface area contributed by atoms with Gasteiger partial charge in [0.1, 0.15) is 5.75 Å². The van der Waals surface area contributed by atoms with Crippen molar-refractivity contribution in [3.05, 3.63) is 58.1 Å². The predicted molar refractivity (Wildman–Crippen MR) is 96.9 cm³/mol. The van der Waals surface area contributed by atoms with Crippen molar-refractivity contribution in [2.75, 3.05) is 11.9 Å². The average Bonchev–Trinajstić information content (AvgIpc) is 2.53. The van der Waals surface area contributed by atoms with Crippen LogP contribution in [0.3, 0.4) is 0 Å². The maximum Gasteiger partial charge on any atom is 0.224 e. The lowest BCUT2D eigenvalue weighted by atomic mass is 10.1. The summed E-state index contributed by atoms with van der Waals surface area (Å²) in [5.41, 5.74) is 1.42. The van der Waals surface area contributed by atoms with Crippen LogP contribution in [0.15, 0.2) is 42.5 Å². The first-order valence-corrected chi connectivity index (χ1v) is 8.37. The van der Waals surface area contributed by atoms with Crippen LogP contribution in [-0.4, -0.2) is 17.6 Å². The number of aliphatic hydroxyl groups excluding tert-OH is 1. The third kappa shape index (κ3) is 5.71. The summed E-state index contributed by atoms with van der Waals surface area (Å²) in [5, 5.41) is 13.4. The van der Waals surface area contributed by atoms with Gasteiger partial charge in [-0.25, -0.2) is 0 Å². The Labute approximate surface area is 151 Å². The lowest BCUT2D eigenvalue weighted by molar-refractivity contribution is -0.116. The summed E-state index contributed by atoms with van der Waals surface area (Å²) in [6, 6.07) is 12.2. The van der Waals surface area contributed by atoms with E-state index in [9.17, 15) is 9.90 Å². The van der Waals surface area contributed by atoms with Crippen LogP contribution in [0.2, 0.25) is 10.0 Å². The van der Waals surface area contributed by atoms with Gasteiger partial charge in [-0.15, -0.1) is 0 Å². The van der Waals surface area contributed by atoms with Crippen molar-refractivity contribution in [3.8, 4) is 5.75 Å². The molecule has 0 aromatic heterocycles. The molecule has 2 aromatic carbocycles. The molecule has 0 heterocycles. The fourth-order valence-electron chi connectivity index (χ4n) is 2.11. The Morgan fingerprint density at radius 1 is 1.25 bits per heavy atom. The largest absolute Gasteiger partial charge is 0.492 e. The Kier molecular flexibility index (Phi) is 6.91. The highest BCUT2D eigenvalue weighted by atomic mass is 35.5. The van der Waals surface area contributed by atoms with Crippen LogP contribution in [0.25, 0.3) is 0 Å². The molecule has 6 heteroatoms. The fourth-order valence-corrected chi connectivity index (χ4v) is 2.57. The normalized spacial score (nSPS) is 11.8. The van der Waals surface area contributed by atoms with Gasteiger partial charge in [0.15, 0.2) is 0 Å². The lowest BCUT2D eigenvalue weighted by Gasteiger charge is -2.10. The van der Waals surface area contributed by atoms with Crippen LogP contribution in [0, 0.1) is 0 Å². The van der Waals surface area contributed by atoms with E-state index in [1.165, 1.54) is 0 Å². The van der Waals surface area contributed by atoms with Crippen molar-refractivity contribution in [3.63, 3.8) is 0 Å². The topological polar surface area (TPSA) is 58.6 Å². The predicted octanol–water partition coefficient (Wildman–Crippen LogP) is 4.84. The van der Waals surface area contributed by atoms with E-state index in [0.29, 0.717) is 40.9 Å². The van der Waals surface area contributed by atoms with Gasteiger partial charge in [0.25, 0.3) is 0 Å². The van der Waals surface area contributed by atoms with Gasteiger partial charge in [0.05, 0.1) is 17.7 Å². The van der Waals surface area contributed by atoms with E-state index < -0.39 is 6.10 Å². The maximum atomic E-state index is 11.9. The smallest absolute Gasteiger partial charge is 0.224 e. The van der Waals surface area contributed by atoms with E-state index in [4.69, 9.17) is 27.9 Å². The first kappa shape index (κ1) is 18.6. The molecule has 0 bridgehead atoms. The van der Waals surface area contributed by atoms with Crippen molar-refractivity contribution in [2.24, 2.45) is 0 Å². The first-order chi connectivity index (χ1) is 11.5. The number of hydrogen-bond donors (Lipinski definition) is 2. The number of amides is 1. The molecular formula is C18H19Cl2NO3. The summed E-state index contributed by atoms with van der Waals surface area (Å²) >= 11 is 11.8. The Morgan fingerprint density at radius 2 is 2.04 bits per heavy atom. The zero-order chi connectivity index (χ0) is 17.5. The molecule has 0 aliphatic rings.